The van der Waals surface area contributed by atoms with Crippen molar-refractivity contribution in [1.29, 1.82) is 0 Å². The van der Waals surface area contributed by atoms with Gasteiger partial charge < -0.3 is 9.47 Å². The van der Waals surface area contributed by atoms with E-state index in [0.717, 1.165) is 23.2 Å². The number of nitrogens with zero attached hydrogens (tertiary/aromatic N) is 1. The van der Waals surface area contributed by atoms with Crippen molar-refractivity contribution >= 4 is 33.7 Å². The van der Waals surface area contributed by atoms with E-state index in [0.29, 0.717) is 21.5 Å². The summed E-state index contributed by atoms with van der Waals surface area (Å²) >= 11 is 2.93. The third kappa shape index (κ3) is 3.73. The quantitative estimate of drug-likeness (QED) is 0.645. The lowest BCUT2D eigenvalue weighted by atomic mass is 10.1. The Balaban J connectivity index is 1.78. The zero-order valence-electron chi connectivity index (χ0n) is 15.1. The minimum absolute atomic E-state index is 0.119. The van der Waals surface area contributed by atoms with Gasteiger partial charge in [0.1, 0.15) is 0 Å². The summed E-state index contributed by atoms with van der Waals surface area (Å²) in [6.07, 6.45) is 0.935. The number of amides is 1. The van der Waals surface area contributed by atoms with E-state index in [-0.39, 0.29) is 5.91 Å². The number of nitrogens with one attached hydrogen (secondary N) is 1. The molecule has 1 amide bonds. The fourth-order valence-electron chi connectivity index (χ4n) is 2.60. The number of carbonyl (C=O) groups excluding carboxylic acids is 1. The van der Waals surface area contributed by atoms with Crippen LogP contribution in [-0.2, 0) is 6.42 Å². The van der Waals surface area contributed by atoms with Gasteiger partial charge in [-0.2, -0.15) is 0 Å². The van der Waals surface area contributed by atoms with Crippen LogP contribution in [0.2, 0.25) is 0 Å². The third-order valence-corrected chi connectivity index (χ3v) is 6.11. The van der Waals surface area contributed by atoms with Crippen molar-refractivity contribution in [2.75, 3.05) is 19.5 Å². The predicted octanol–water partition coefficient (Wildman–Crippen LogP) is 5.01. The highest BCUT2D eigenvalue weighted by atomic mass is 32.1. The molecular weight excluding hydrogens is 368 g/mol. The topological polar surface area (TPSA) is 60.5 Å². The average Bonchev–Trinajstić information content (AvgIpc) is 3.27. The smallest absolute Gasteiger partial charge is 0.267 e. The van der Waals surface area contributed by atoms with Crippen LogP contribution < -0.4 is 14.8 Å². The van der Waals surface area contributed by atoms with Crippen molar-refractivity contribution < 1.29 is 14.3 Å². The SMILES string of the molecule is CCc1sc(C(=O)Nc2nc(-c3ccc(OC)c(OC)c3)cs2)cc1C. The highest BCUT2D eigenvalue weighted by molar-refractivity contribution is 7.15. The van der Waals surface area contributed by atoms with Crippen LogP contribution in [0.4, 0.5) is 5.13 Å². The molecule has 2 heterocycles. The molecule has 136 valence electrons. The number of thiophene rings is 1. The number of aryl methyl sites for hydroxylation is 2. The summed E-state index contributed by atoms with van der Waals surface area (Å²) in [5, 5.41) is 5.37. The van der Waals surface area contributed by atoms with E-state index in [1.807, 2.05) is 36.6 Å². The van der Waals surface area contributed by atoms with Crippen molar-refractivity contribution in [1.82, 2.24) is 4.98 Å². The standard InChI is InChI=1S/C19H20N2O3S2/c1-5-16-11(2)8-17(26-16)18(22)21-19-20-13(10-25-19)12-6-7-14(23-3)15(9-12)24-4/h6-10H,5H2,1-4H3,(H,20,21,22). The molecule has 0 fully saturated rings. The molecule has 0 aliphatic rings. The number of rotatable bonds is 6. The van der Waals surface area contributed by atoms with Gasteiger partial charge in [-0.1, -0.05) is 6.92 Å². The number of hydrogen-bond acceptors (Lipinski definition) is 6. The lowest BCUT2D eigenvalue weighted by Gasteiger charge is -2.08. The molecule has 2 aromatic heterocycles. The summed E-state index contributed by atoms with van der Waals surface area (Å²) in [4.78, 5) is 18.9. The second kappa shape index (κ2) is 7.88. The van der Waals surface area contributed by atoms with Crippen molar-refractivity contribution in [3.8, 4) is 22.8 Å². The summed E-state index contributed by atoms with van der Waals surface area (Å²) in [5.74, 6) is 1.19. The number of carbonyl (C=O) groups is 1. The van der Waals surface area contributed by atoms with E-state index in [4.69, 9.17) is 9.47 Å². The normalized spacial score (nSPS) is 10.6. The van der Waals surface area contributed by atoms with Gasteiger partial charge in [0, 0.05) is 15.8 Å². The maximum atomic E-state index is 12.5. The first-order valence-electron chi connectivity index (χ1n) is 8.14. The Bertz CT molecular complexity index is 931. The second-order valence-electron chi connectivity index (χ2n) is 5.63. The Hall–Kier alpha value is -2.38. The highest BCUT2D eigenvalue weighted by Crippen LogP contribution is 2.33. The maximum Gasteiger partial charge on any atom is 0.267 e. The molecular formula is C19H20N2O3S2. The molecule has 1 aromatic carbocycles. The Labute approximate surface area is 160 Å². The number of hydrogen-bond donors (Lipinski definition) is 1. The van der Waals surface area contributed by atoms with Crippen molar-refractivity contribution in [2.24, 2.45) is 0 Å². The Morgan fingerprint density at radius 3 is 2.62 bits per heavy atom. The van der Waals surface area contributed by atoms with Gasteiger partial charge in [-0.25, -0.2) is 4.98 Å². The van der Waals surface area contributed by atoms with Gasteiger partial charge in [0.15, 0.2) is 16.6 Å². The Morgan fingerprint density at radius 2 is 1.96 bits per heavy atom. The molecule has 0 aliphatic carbocycles. The van der Waals surface area contributed by atoms with Crippen LogP contribution in [0.5, 0.6) is 11.5 Å². The van der Waals surface area contributed by atoms with E-state index < -0.39 is 0 Å². The number of methoxy groups -OCH3 is 2. The van der Waals surface area contributed by atoms with Gasteiger partial charge in [-0.05, 0) is 43.2 Å². The Morgan fingerprint density at radius 1 is 1.19 bits per heavy atom. The number of ether oxygens (including phenoxy) is 2. The Kier molecular flexibility index (Phi) is 5.58. The molecule has 5 nitrogen and oxygen atoms in total. The maximum absolute atomic E-state index is 12.5. The fraction of sp³-hybridized carbons (Fsp3) is 0.263. The minimum Gasteiger partial charge on any atom is -0.493 e. The lowest BCUT2D eigenvalue weighted by molar-refractivity contribution is 0.103. The lowest BCUT2D eigenvalue weighted by Crippen LogP contribution is -2.09. The van der Waals surface area contributed by atoms with Crippen LogP contribution in [0.3, 0.4) is 0 Å². The molecule has 3 rings (SSSR count). The number of benzene rings is 1. The molecule has 7 heteroatoms. The molecule has 0 atom stereocenters. The molecule has 26 heavy (non-hydrogen) atoms. The van der Waals surface area contributed by atoms with Gasteiger partial charge >= 0.3 is 0 Å². The molecule has 0 bridgehead atoms. The first kappa shape index (κ1) is 18.4. The largest absolute Gasteiger partial charge is 0.493 e. The summed E-state index contributed by atoms with van der Waals surface area (Å²) in [5.41, 5.74) is 2.84. The van der Waals surface area contributed by atoms with E-state index in [1.54, 1.807) is 14.2 Å². The summed E-state index contributed by atoms with van der Waals surface area (Å²) in [6.45, 7) is 4.13. The number of anilines is 1. The number of aromatic nitrogens is 1. The zero-order chi connectivity index (χ0) is 18.7. The molecule has 0 spiro atoms. The highest BCUT2D eigenvalue weighted by Gasteiger charge is 2.14. The van der Waals surface area contributed by atoms with Gasteiger partial charge in [-0.15, -0.1) is 22.7 Å². The first-order chi connectivity index (χ1) is 12.5. The van der Waals surface area contributed by atoms with Gasteiger partial charge in [0.05, 0.1) is 24.8 Å². The van der Waals surface area contributed by atoms with Crippen LogP contribution in [-0.4, -0.2) is 25.1 Å². The molecule has 0 unspecified atom stereocenters. The van der Waals surface area contributed by atoms with Gasteiger partial charge in [0.2, 0.25) is 0 Å². The van der Waals surface area contributed by atoms with Crippen LogP contribution in [0, 0.1) is 6.92 Å². The van der Waals surface area contributed by atoms with Gasteiger partial charge in [-0.3, -0.25) is 10.1 Å². The summed E-state index contributed by atoms with van der Waals surface area (Å²) in [7, 11) is 3.20. The minimum atomic E-state index is -0.119. The van der Waals surface area contributed by atoms with Crippen LogP contribution in [0.15, 0.2) is 29.6 Å². The van der Waals surface area contributed by atoms with E-state index in [1.165, 1.54) is 27.6 Å². The molecule has 0 saturated carbocycles. The van der Waals surface area contributed by atoms with Gasteiger partial charge in [0.25, 0.3) is 5.91 Å². The fourth-order valence-corrected chi connectivity index (χ4v) is 4.32. The molecule has 0 radical (unpaired) electrons. The monoisotopic (exact) mass is 388 g/mol. The first-order valence-corrected chi connectivity index (χ1v) is 9.84. The summed E-state index contributed by atoms with van der Waals surface area (Å²) < 4.78 is 10.6. The summed E-state index contributed by atoms with van der Waals surface area (Å²) in [6, 6.07) is 7.56. The van der Waals surface area contributed by atoms with E-state index >= 15 is 0 Å². The van der Waals surface area contributed by atoms with Crippen LogP contribution in [0.25, 0.3) is 11.3 Å². The van der Waals surface area contributed by atoms with E-state index in [2.05, 4.69) is 17.2 Å². The molecule has 0 aliphatic heterocycles. The number of thiazole rings is 1. The van der Waals surface area contributed by atoms with Crippen LogP contribution >= 0.6 is 22.7 Å². The van der Waals surface area contributed by atoms with Crippen molar-refractivity contribution in [3.05, 3.63) is 45.0 Å². The molecule has 0 saturated heterocycles. The molecule has 3 aromatic rings. The zero-order valence-corrected chi connectivity index (χ0v) is 16.7. The van der Waals surface area contributed by atoms with E-state index in [9.17, 15) is 4.79 Å². The van der Waals surface area contributed by atoms with Crippen molar-refractivity contribution in [2.45, 2.75) is 20.3 Å². The second-order valence-corrected chi connectivity index (χ2v) is 7.63. The van der Waals surface area contributed by atoms with Crippen LogP contribution in [0.1, 0.15) is 27.0 Å². The average molecular weight is 389 g/mol. The van der Waals surface area contributed by atoms with Crippen molar-refractivity contribution in [3.63, 3.8) is 0 Å². The molecule has 1 N–H and O–H groups in total. The third-order valence-electron chi connectivity index (χ3n) is 3.97. The predicted molar refractivity (Wildman–Crippen MR) is 107 cm³/mol.